The molecule has 0 saturated carbocycles. The molecule has 0 spiro atoms. The molecule has 1 aromatic carbocycles. The normalized spacial score (nSPS) is 16.0. The van der Waals surface area contributed by atoms with Crippen molar-refractivity contribution in [3.8, 4) is 0 Å². The van der Waals surface area contributed by atoms with E-state index in [0.717, 1.165) is 37.2 Å². The molecule has 1 aromatic rings. The lowest BCUT2D eigenvalue weighted by Crippen LogP contribution is -2.40. The molecule has 0 radical (unpaired) electrons. The third-order valence-corrected chi connectivity index (χ3v) is 4.15. The Morgan fingerprint density at radius 3 is 2.60 bits per heavy atom. The lowest BCUT2D eigenvalue weighted by atomic mass is 9.94. The summed E-state index contributed by atoms with van der Waals surface area (Å²) in [5, 5.41) is 2.73. The first-order chi connectivity index (χ1) is 9.54. The number of nitrogens with one attached hydrogen (secondary N) is 1. The van der Waals surface area contributed by atoms with E-state index in [4.69, 9.17) is 18.0 Å². The van der Waals surface area contributed by atoms with Gasteiger partial charge in [0, 0.05) is 37.3 Å². The van der Waals surface area contributed by atoms with E-state index in [1.807, 2.05) is 12.1 Å². The van der Waals surface area contributed by atoms with Crippen molar-refractivity contribution in [3.63, 3.8) is 0 Å². The predicted molar refractivity (Wildman–Crippen MR) is 86.1 cm³/mol. The number of para-hydroxylation sites is 1. The van der Waals surface area contributed by atoms with Gasteiger partial charge in [0.25, 0.3) is 0 Å². The molecule has 2 rings (SSSR count). The van der Waals surface area contributed by atoms with Crippen LogP contribution in [0.4, 0.5) is 5.69 Å². The van der Waals surface area contributed by atoms with E-state index < -0.39 is 0 Å². The number of nitrogens with two attached hydrogens (primary N) is 1. The molecular formula is C15H21N3OS. The SMILES string of the molecule is CNC(=O)C1CCN(c2c(C)cccc2C(N)=S)CC1. The third-order valence-electron chi connectivity index (χ3n) is 3.93. The Balaban J connectivity index is 2.19. The number of rotatable bonds is 3. The molecule has 1 amide bonds. The van der Waals surface area contributed by atoms with Crippen molar-refractivity contribution in [2.24, 2.45) is 11.7 Å². The van der Waals surface area contributed by atoms with Crippen molar-refractivity contribution in [1.29, 1.82) is 0 Å². The largest absolute Gasteiger partial charge is 0.389 e. The summed E-state index contributed by atoms with van der Waals surface area (Å²) in [4.78, 5) is 14.4. The summed E-state index contributed by atoms with van der Waals surface area (Å²) in [5.41, 5.74) is 9.05. The first-order valence-electron chi connectivity index (χ1n) is 6.90. The summed E-state index contributed by atoms with van der Waals surface area (Å²) in [6.07, 6.45) is 1.73. The molecule has 0 unspecified atom stereocenters. The molecule has 0 aliphatic carbocycles. The van der Waals surface area contributed by atoms with Crippen LogP contribution < -0.4 is 16.0 Å². The number of amides is 1. The second-order valence-corrected chi connectivity index (χ2v) is 5.65. The second-order valence-electron chi connectivity index (χ2n) is 5.21. The zero-order valence-electron chi connectivity index (χ0n) is 12.0. The van der Waals surface area contributed by atoms with Gasteiger partial charge in [-0.15, -0.1) is 0 Å². The lowest BCUT2D eigenvalue weighted by molar-refractivity contribution is -0.125. The van der Waals surface area contributed by atoms with Gasteiger partial charge in [0.15, 0.2) is 0 Å². The quantitative estimate of drug-likeness (QED) is 0.830. The number of thiocarbonyl (C=S) groups is 1. The van der Waals surface area contributed by atoms with Gasteiger partial charge in [-0.1, -0.05) is 24.4 Å². The van der Waals surface area contributed by atoms with Crippen molar-refractivity contribution in [1.82, 2.24) is 5.32 Å². The Morgan fingerprint density at radius 1 is 1.40 bits per heavy atom. The molecule has 3 N–H and O–H groups in total. The minimum atomic E-state index is 0.119. The maximum atomic E-state index is 11.7. The van der Waals surface area contributed by atoms with Crippen molar-refractivity contribution in [2.45, 2.75) is 19.8 Å². The van der Waals surface area contributed by atoms with Crippen LogP contribution in [0.2, 0.25) is 0 Å². The van der Waals surface area contributed by atoms with Crippen molar-refractivity contribution >= 4 is 28.8 Å². The summed E-state index contributed by atoms with van der Waals surface area (Å²) in [6, 6.07) is 6.02. The fourth-order valence-electron chi connectivity index (χ4n) is 2.85. The van der Waals surface area contributed by atoms with E-state index in [0.29, 0.717) is 4.99 Å². The molecule has 20 heavy (non-hydrogen) atoms. The van der Waals surface area contributed by atoms with E-state index >= 15 is 0 Å². The highest BCUT2D eigenvalue weighted by molar-refractivity contribution is 7.80. The zero-order valence-corrected chi connectivity index (χ0v) is 12.8. The van der Waals surface area contributed by atoms with Gasteiger partial charge < -0.3 is 16.0 Å². The molecular weight excluding hydrogens is 270 g/mol. The van der Waals surface area contributed by atoms with Gasteiger partial charge in [-0.25, -0.2) is 0 Å². The summed E-state index contributed by atoms with van der Waals surface area (Å²) in [7, 11) is 1.70. The molecule has 1 fully saturated rings. The van der Waals surface area contributed by atoms with Crippen LogP contribution in [0.3, 0.4) is 0 Å². The standard InChI is InChI=1S/C15H21N3OS/c1-10-4-3-5-12(14(16)20)13(10)18-8-6-11(7-9-18)15(19)17-2/h3-5,11H,6-9H2,1-2H3,(H2,16,20)(H,17,19). The van der Waals surface area contributed by atoms with Crippen LogP contribution in [-0.4, -0.2) is 31.0 Å². The van der Waals surface area contributed by atoms with Crippen LogP contribution in [0.15, 0.2) is 18.2 Å². The first kappa shape index (κ1) is 14.8. The topological polar surface area (TPSA) is 58.4 Å². The summed E-state index contributed by atoms with van der Waals surface area (Å²) >= 11 is 5.15. The van der Waals surface area contributed by atoms with Crippen LogP contribution in [0, 0.1) is 12.8 Å². The van der Waals surface area contributed by atoms with Crippen molar-refractivity contribution in [3.05, 3.63) is 29.3 Å². The Morgan fingerprint density at radius 2 is 2.05 bits per heavy atom. The Kier molecular flexibility index (Phi) is 4.60. The van der Waals surface area contributed by atoms with E-state index in [1.54, 1.807) is 7.05 Å². The number of carbonyl (C=O) groups excluding carboxylic acids is 1. The first-order valence-corrected chi connectivity index (χ1v) is 7.31. The average molecular weight is 291 g/mol. The molecule has 1 saturated heterocycles. The molecule has 5 heteroatoms. The Hall–Kier alpha value is -1.62. The molecule has 4 nitrogen and oxygen atoms in total. The molecule has 108 valence electrons. The number of aryl methyl sites for hydroxylation is 1. The number of anilines is 1. The maximum absolute atomic E-state index is 11.7. The van der Waals surface area contributed by atoms with Gasteiger partial charge in [-0.3, -0.25) is 4.79 Å². The highest BCUT2D eigenvalue weighted by atomic mass is 32.1. The summed E-state index contributed by atoms with van der Waals surface area (Å²) in [6.45, 7) is 3.79. The summed E-state index contributed by atoms with van der Waals surface area (Å²) < 4.78 is 0. The molecule has 0 atom stereocenters. The van der Waals surface area contributed by atoms with E-state index in [-0.39, 0.29) is 11.8 Å². The average Bonchev–Trinajstić information content (AvgIpc) is 2.46. The highest BCUT2D eigenvalue weighted by Crippen LogP contribution is 2.29. The number of carbonyl (C=O) groups is 1. The molecule has 0 aromatic heterocycles. The summed E-state index contributed by atoms with van der Waals surface area (Å²) in [5.74, 6) is 0.262. The van der Waals surface area contributed by atoms with E-state index in [1.165, 1.54) is 5.56 Å². The number of benzene rings is 1. The van der Waals surface area contributed by atoms with Gasteiger partial charge in [-0.2, -0.15) is 0 Å². The van der Waals surface area contributed by atoms with Crippen molar-refractivity contribution < 1.29 is 4.79 Å². The Labute approximate surface area is 125 Å². The smallest absolute Gasteiger partial charge is 0.222 e. The molecule has 1 aliphatic heterocycles. The highest BCUT2D eigenvalue weighted by Gasteiger charge is 2.26. The van der Waals surface area contributed by atoms with Gasteiger partial charge >= 0.3 is 0 Å². The van der Waals surface area contributed by atoms with Gasteiger partial charge in [0.05, 0.1) is 0 Å². The predicted octanol–water partition coefficient (Wildman–Crippen LogP) is 1.59. The number of nitrogens with zero attached hydrogens (tertiary/aromatic N) is 1. The van der Waals surface area contributed by atoms with E-state index in [2.05, 4.69) is 23.2 Å². The van der Waals surface area contributed by atoms with Crippen LogP contribution >= 0.6 is 12.2 Å². The molecule has 1 heterocycles. The van der Waals surface area contributed by atoms with Crippen LogP contribution in [0.1, 0.15) is 24.0 Å². The minimum absolute atomic E-state index is 0.119. The zero-order chi connectivity index (χ0) is 14.7. The fraction of sp³-hybridized carbons (Fsp3) is 0.467. The van der Waals surface area contributed by atoms with Crippen LogP contribution in [-0.2, 0) is 4.79 Å². The maximum Gasteiger partial charge on any atom is 0.222 e. The van der Waals surface area contributed by atoms with E-state index in [9.17, 15) is 4.79 Å². The molecule has 1 aliphatic rings. The minimum Gasteiger partial charge on any atom is -0.389 e. The monoisotopic (exact) mass is 291 g/mol. The number of hydrogen-bond donors (Lipinski definition) is 2. The van der Waals surface area contributed by atoms with Crippen LogP contribution in [0.25, 0.3) is 0 Å². The lowest BCUT2D eigenvalue weighted by Gasteiger charge is -2.35. The molecule has 0 bridgehead atoms. The second kappa shape index (κ2) is 6.22. The van der Waals surface area contributed by atoms with Gasteiger partial charge in [0.2, 0.25) is 5.91 Å². The Bertz CT molecular complexity index is 522. The fourth-order valence-corrected chi connectivity index (χ4v) is 3.01. The van der Waals surface area contributed by atoms with Crippen LogP contribution in [0.5, 0.6) is 0 Å². The third kappa shape index (κ3) is 2.93. The van der Waals surface area contributed by atoms with Crippen molar-refractivity contribution in [2.75, 3.05) is 25.0 Å². The van der Waals surface area contributed by atoms with Gasteiger partial charge in [0.1, 0.15) is 4.99 Å². The number of piperidine rings is 1. The number of hydrogen-bond acceptors (Lipinski definition) is 3. The van der Waals surface area contributed by atoms with Gasteiger partial charge in [-0.05, 0) is 31.4 Å².